The molecule has 0 aliphatic carbocycles. The molecular weight excluding hydrogens is 208 g/mol. The van der Waals surface area contributed by atoms with Crippen LogP contribution in [-0.4, -0.2) is 19.6 Å². The first kappa shape index (κ1) is 9.10. The Labute approximate surface area is 80.8 Å². The van der Waals surface area contributed by atoms with E-state index in [1.54, 1.807) is 6.07 Å². The van der Waals surface area contributed by atoms with Gasteiger partial charge >= 0.3 is 10.4 Å². The number of hydrogen-bond acceptors (Lipinski definition) is 5. The summed E-state index contributed by atoms with van der Waals surface area (Å²) in [5.41, 5.74) is 1.61. The third-order valence-corrected chi connectivity index (χ3v) is 2.15. The van der Waals surface area contributed by atoms with Crippen molar-refractivity contribution >= 4 is 21.8 Å². The Morgan fingerprint density at radius 3 is 2.71 bits per heavy atom. The summed E-state index contributed by atoms with van der Waals surface area (Å²) in [5, 5.41) is 5.97. The maximum absolute atomic E-state index is 10.4. The van der Waals surface area contributed by atoms with Crippen LogP contribution in [0.25, 0.3) is 0 Å². The van der Waals surface area contributed by atoms with Crippen LogP contribution in [-0.2, 0) is 10.4 Å². The van der Waals surface area contributed by atoms with E-state index in [0.717, 1.165) is 11.4 Å². The molecule has 0 aromatic heterocycles. The lowest BCUT2D eigenvalue weighted by Crippen LogP contribution is -2.06. The van der Waals surface area contributed by atoms with E-state index < -0.39 is 10.4 Å². The highest BCUT2D eigenvalue weighted by molar-refractivity contribution is 7.81. The average molecular weight is 216 g/mol. The van der Waals surface area contributed by atoms with Gasteiger partial charge in [0.15, 0.2) is 0 Å². The van der Waals surface area contributed by atoms with Gasteiger partial charge in [0.2, 0.25) is 0 Å². The standard InChI is InChI=1S/C7H8N2O4S/c10-14(11,12)13-5-1-2-6-7(3-5)9-4-8-6/h1-3,8-9H,4H2,(H,10,11,12). The van der Waals surface area contributed by atoms with Crippen LogP contribution >= 0.6 is 0 Å². The van der Waals surface area contributed by atoms with Crippen molar-refractivity contribution in [3.05, 3.63) is 18.2 Å². The number of rotatable bonds is 2. The Morgan fingerprint density at radius 2 is 2.00 bits per heavy atom. The van der Waals surface area contributed by atoms with Crippen LogP contribution < -0.4 is 14.8 Å². The summed E-state index contributed by atoms with van der Waals surface area (Å²) in [4.78, 5) is 0. The molecule has 0 unspecified atom stereocenters. The molecule has 1 aliphatic heterocycles. The summed E-state index contributed by atoms with van der Waals surface area (Å²) in [6.07, 6.45) is 0. The van der Waals surface area contributed by atoms with E-state index in [0.29, 0.717) is 6.67 Å². The SMILES string of the molecule is O=S(=O)(O)Oc1ccc2c(c1)NCN2. The lowest BCUT2D eigenvalue weighted by atomic mass is 10.3. The maximum atomic E-state index is 10.4. The Hall–Kier alpha value is -1.47. The van der Waals surface area contributed by atoms with Crippen LogP contribution in [0.5, 0.6) is 5.75 Å². The van der Waals surface area contributed by atoms with Crippen LogP contribution in [0.15, 0.2) is 18.2 Å². The molecule has 1 heterocycles. The van der Waals surface area contributed by atoms with Crippen molar-refractivity contribution in [1.82, 2.24) is 0 Å². The quantitative estimate of drug-likeness (QED) is 0.629. The minimum atomic E-state index is -4.44. The lowest BCUT2D eigenvalue weighted by Gasteiger charge is -2.03. The summed E-state index contributed by atoms with van der Waals surface area (Å²) < 4.78 is 33.5. The minimum Gasteiger partial charge on any atom is -0.366 e. The molecule has 0 bridgehead atoms. The van der Waals surface area contributed by atoms with Gasteiger partial charge in [0.1, 0.15) is 5.75 Å². The maximum Gasteiger partial charge on any atom is 0.446 e. The Morgan fingerprint density at radius 1 is 1.29 bits per heavy atom. The summed E-state index contributed by atoms with van der Waals surface area (Å²) in [6.45, 7) is 0.588. The summed E-state index contributed by atoms with van der Waals surface area (Å²) in [6, 6.07) is 4.60. The van der Waals surface area contributed by atoms with E-state index >= 15 is 0 Å². The predicted molar refractivity (Wildman–Crippen MR) is 50.7 cm³/mol. The van der Waals surface area contributed by atoms with Gasteiger partial charge in [-0.3, -0.25) is 4.55 Å². The van der Waals surface area contributed by atoms with Gasteiger partial charge in [-0.05, 0) is 12.1 Å². The van der Waals surface area contributed by atoms with Crippen LogP contribution in [0.2, 0.25) is 0 Å². The molecule has 0 saturated carbocycles. The van der Waals surface area contributed by atoms with Crippen molar-refractivity contribution < 1.29 is 17.2 Å². The minimum absolute atomic E-state index is 0.0717. The predicted octanol–water partition coefficient (Wildman–Crippen LogP) is 0.663. The first-order valence-corrected chi connectivity index (χ1v) is 5.20. The van der Waals surface area contributed by atoms with Crippen LogP contribution in [0.4, 0.5) is 11.4 Å². The molecule has 7 heteroatoms. The normalized spacial score (nSPS) is 14.1. The van der Waals surface area contributed by atoms with Gasteiger partial charge in [-0.25, -0.2) is 0 Å². The van der Waals surface area contributed by atoms with Crippen LogP contribution in [0, 0.1) is 0 Å². The Bertz CT molecular complexity index is 457. The molecule has 14 heavy (non-hydrogen) atoms. The molecular formula is C7H8N2O4S. The smallest absolute Gasteiger partial charge is 0.366 e. The summed E-state index contributed by atoms with van der Waals surface area (Å²) in [7, 11) is -4.44. The first-order valence-electron chi connectivity index (χ1n) is 3.83. The molecule has 1 aliphatic rings. The van der Waals surface area contributed by atoms with Crippen molar-refractivity contribution in [2.24, 2.45) is 0 Å². The van der Waals surface area contributed by atoms with Gasteiger partial charge in [0.25, 0.3) is 0 Å². The van der Waals surface area contributed by atoms with Crippen molar-refractivity contribution in [3.63, 3.8) is 0 Å². The molecule has 1 aromatic carbocycles. The number of nitrogens with one attached hydrogen (secondary N) is 2. The third kappa shape index (κ3) is 1.88. The monoisotopic (exact) mass is 216 g/mol. The van der Waals surface area contributed by atoms with Crippen LogP contribution in [0.1, 0.15) is 0 Å². The molecule has 0 spiro atoms. The van der Waals surface area contributed by atoms with E-state index in [1.165, 1.54) is 12.1 Å². The van der Waals surface area contributed by atoms with E-state index in [4.69, 9.17) is 4.55 Å². The van der Waals surface area contributed by atoms with E-state index in [9.17, 15) is 8.42 Å². The van der Waals surface area contributed by atoms with Gasteiger partial charge in [-0.2, -0.15) is 8.42 Å². The third-order valence-electron chi connectivity index (χ3n) is 1.75. The second-order valence-corrected chi connectivity index (χ2v) is 3.77. The zero-order chi connectivity index (χ0) is 10.2. The van der Waals surface area contributed by atoms with Gasteiger partial charge in [0, 0.05) is 6.07 Å². The molecule has 0 amide bonds. The van der Waals surface area contributed by atoms with Crippen molar-refractivity contribution in [2.45, 2.75) is 0 Å². The molecule has 0 radical (unpaired) electrons. The average Bonchev–Trinajstić information content (AvgIpc) is 2.47. The molecule has 0 atom stereocenters. The van der Waals surface area contributed by atoms with Gasteiger partial charge < -0.3 is 14.8 Å². The molecule has 6 nitrogen and oxygen atoms in total. The van der Waals surface area contributed by atoms with Gasteiger partial charge in [-0.1, -0.05) is 0 Å². The number of anilines is 2. The second kappa shape index (κ2) is 3.03. The van der Waals surface area contributed by atoms with Crippen molar-refractivity contribution in [1.29, 1.82) is 0 Å². The van der Waals surface area contributed by atoms with Crippen molar-refractivity contribution in [2.75, 3.05) is 17.3 Å². The highest BCUT2D eigenvalue weighted by atomic mass is 32.3. The zero-order valence-corrected chi connectivity index (χ0v) is 7.84. The lowest BCUT2D eigenvalue weighted by molar-refractivity contribution is 0.387. The van der Waals surface area contributed by atoms with E-state index in [1.807, 2.05) is 0 Å². The molecule has 2 rings (SSSR count). The largest absolute Gasteiger partial charge is 0.446 e. The van der Waals surface area contributed by atoms with Gasteiger partial charge in [-0.15, -0.1) is 0 Å². The van der Waals surface area contributed by atoms with Crippen LogP contribution in [0.3, 0.4) is 0 Å². The number of benzene rings is 1. The molecule has 0 fully saturated rings. The fourth-order valence-corrected chi connectivity index (χ4v) is 1.58. The van der Waals surface area contributed by atoms with E-state index in [-0.39, 0.29) is 5.75 Å². The topological polar surface area (TPSA) is 87.7 Å². The second-order valence-electron chi connectivity index (χ2n) is 2.75. The fraction of sp³-hybridized carbons (Fsp3) is 0.143. The number of fused-ring (bicyclic) bond motifs is 1. The molecule has 0 saturated heterocycles. The summed E-state index contributed by atoms with van der Waals surface area (Å²) >= 11 is 0. The van der Waals surface area contributed by atoms with E-state index in [2.05, 4.69) is 14.8 Å². The molecule has 76 valence electrons. The number of hydrogen-bond donors (Lipinski definition) is 3. The van der Waals surface area contributed by atoms with Gasteiger partial charge in [0.05, 0.1) is 18.0 Å². The highest BCUT2D eigenvalue weighted by Gasteiger charge is 2.12. The summed E-state index contributed by atoms with van der Waals surface area (Å²) in [5.74, 6) is 0.0717. The molecule has 3 N–H and O–H groups in total. The first-order chi connectivity index (χ1) is 6.54. The fourth-order valence-electron chi connectivity index (χ4n) is 1.23. The highest BCUT2D eigenvalue weighted by Crippen LogP contribution is 2.30. The Balaban J connectivity index is 2.29. The Kier molecular flexibility index (Phi) is 1.97. The van der Waals surface area contributed by atoms with Crippen molar-refractivity contribution in [3.8, 4) is 5.75 Å². The molecule has 1 aromatic rings. The zero-order valence-electron chi connectivity index (χ0n) is 7.02.